The van der Waals surface area contributed by atoms with E-state index in [9.17, 15) is 13.2 Å². The van der Waals surface area contributed by atoms with Crippen molar-refractivity contribution in [3.8, 4) is 0 Å². The smallest absolute Gasteiger partial charge is 0.303 e. The van der Waals surface area contributed by atoms with Gasteiger partial charge in [-0.3, -0.25) is 4.79 Å². The first kappa shape index (κ1) is 16.4. The second-order valence-electron chi connectivity index (χ2n) is 5.55. The molecular formula is C12H24N2O4S. The summed E-state index contributed by atoms with van der Waals surface area (Å²) in [5, 5.41) is 8.85. The Morgan fingerprint density at radius 2 is 1.89 bits per heavy atom. The van der Waals surface area contributed by atoms with Crippen molar-refractivity contribution >= 4 is 16.2 Å². The average molecular weight is 292 g/mol. The molecule has 1 fully saturated rings. The predicted octanol–water partition coefficient (Wildman–Crippen LogP) is 1.05. The zero-order valence-corrected chi connectivity index (χ0v) is 12.4. The van der Waals surface area contributed by atoms with Crippen LogP contribution in [0.25, 0.3) is 0 Å². The van der Waals surface area contributed by atoms with Gasteiger partial charge < -0.3 is 5.11 Å². The van der Waals surface area contributed by atoms with Gasteiger partial charge in [0.25, 0.3) is 10.2 Å². The zero-order chi connectivity index (χ0) is 14.5. The lowest BCUT2D eigenvalue weighted by atomic mass is 9.94. The molecular weight excluding hydrogens is 268 g/mol. The molecule has 0 aliphatic carbocycles. The molecule has 1 rings (SSSR count). The largest absolute Gasteiger partial charge is 0.481 e. The van der Waals surface area contributed by atoms with E-state index in [1.165, 1.54) is 4.31 Å². The molecule has 2 N–H and O–H groups in total. The Morgan fingerprint density at radius 1 is 1.32 bits per heavy atom. The molecule has 0 bridgehead atoms. The number of nitrogens with zero attached hydrogens (tertiary/aromatic N) is 1. The van der Waals surface area contributed by atoms with Crippen LogP contribution in [0.15, 0.2) is 0 Å². The van der Waals surface area contributed by atoms with Crippen molar-refractivity contribution in [3.05, 3.63) is 0 Å². The van der Waals surface area contributed by atoms with E-state index in [-0.39, 0.29) is 18.9 Å². The minimum atomic E-state index is -3.44. The van der Waals surface area contributed by atoms with Crippen molar-refractivity contribution in [3.63, 3.8) is 0 Å². The molecule has 7 heteroatoms. The molecule has 0 amide bonds. The van der Waals surface area contributed by atoms with Crippen LogP contribution in [-0.2, 0) is 15.0 Å². The Balaban J connectivity index is 2.51. The Morgan fingerprint density at radius 3 is 2.37 bits per heavy atom. The number of aliphatic carboxylic acids is 1. The van der Waals surface area contributed by atoms with Crippen LogP contribution in [0, 0.1) is 11.8 Å². The fraction of sp³-hybridized carbons (Fsp3) is 0.917. The monoisotopic (exact) mass is 292 g/mol. The molecule has 1 unspecified atom stereocenters. The summed E-state index contributed by atoms with van der Waals surface area (Å²) in [6.45, 7) is 5.32. The summed E-state index contributed by atoms with van der Waals surface area (Å²) >= 11 is 0. The van der Waals surface area contributed by atoms with E-state index in [1.54, 1.807) is 0 Å². The van der Waals surface area contributed by atoms with Crippen molar-refractivity contribution in [1.82, 2.24) is 9.03 Å². The van der Waals surface area contributed by atoms with Crippen LogP contribution < -0.4 is 4.72 Å². The summed E-state index contributed by atoms with van der Waals surface area (Å²) < 4.78 is 27.9. The first-order chi connectivity index (χ1) is 8.81. The van der Waals surface area contributed by atoms with Gasteiger partial charge in [-0.25, -0.2) is 4.72 Å². The topological polar surface area (TPSA) is 86.7 Å². The highest BCUT2D eigenvalue weighted by Crippen LogP contribution is 2.16. The van der Waals surface area contributed by atoms with Gasteiger partial charge in [-0.2, -0.15) is 12.7 Å². The van der Waals surface area contributed by atoms with E-state index < -0.39 is 16.2 Å². The quantitative estimate of drug-likeness (QED) is 0.700. The first-order valence-corrected chi connectivity index (χ1v) is 8.22. The lowest BCUT2D eigenvalue weighted by Crippen LogP contribution is -2.41. The molecule has 0 aromatic heterocycles. The number of carboxylic acid groups (broad SMARTS) is 1. The highest BCUT2D eigenvalue weighted by Gasteiger charge is 2.26. The van der Waals surface area contributed by atoms with Crippen LogP contribution in [0.1, 0.15) is 39.5 Å². The fourth-order valence-electron chi connectivity index (χ4n) is 2.40. The van der Waals surface area contributed by atoms with Gasteiger partial charge in [-0.1, -0.05) is 13.8 Å². The molecule has 0 aromatic rings. The standard InChI is InChI=1S/C12H24N2O4S/c1-10(2)7-11(8-12(15)16)9-13-19(17,18)14-5-3-4-6-14/h10-11,13H,3-9H2,1-2H3,(H,15,16). The first-order valence-electron chi connectivity index (χ1n) is 6.78. The molecule has 0 aromatic carbocycles. The van der Waals surface area contributed by atoms with Gasteiger partial charge in [-0.05, 0) is 31.1 Å². The number of rotatable bonds is 8. The second-order valence-corrected chi connectivity index (χ2v) is 7.31. The molecule has 0 radical (unpaired) electrons. The van der Waals surface area contributed by atoms with Crippen molar-refractivity contribution in [2.75, 3.05) is 19.6 Å². The SMILES string of the molecule is CC(C)CC(CNS(=O)(=O)N1CCCC1)CC(=O)O. The summed E-state index contributed by atoms with van der Waals surface area (Å²) in [4.78, 5) is 10.8. The van der Waals surface area contributed by atoms with Gasteiger partial charge in [0, 0.05) is 26.1 Å². The summed E-state index contributed by atoms with van der Waals surface area (Å²) in [6, 6.07) is 0. The van der Waals surface area contributed by atoms with Crippen molar-refractivity contribution < 1.29 is 18.3 Å². The fourth-order valence-corrected chi connectivity index (χ4v) is 3.76. The number of hydrogen-bond donors (Lipinski definition) is 2. The minimum absolute atomic E-state index is 0.000694. The summed E-state index contributed by atoms with van der Waals surface area (Å²) in [5.74, 6) is -0.693. The molecule has 0 saturated carbocycles. The van der Waals surface area contributed by atoms with E-state index in [0.29, 0.717) is 25.4 Å². The van der Waals surface area contributed by atoms with Gasteiger partial charge >= 0.3 is 5.97 Å². The Hall–Kier alpha value is -0.660. The lowest BCUT2D eigenvalue weighted by molar-refractivity contribution is -0.138. The Kier molecular flexibility index (Phi) is 6.22. The minimum Gasteiger partial charge on any atom is -0.481 e. The van der Waals surface area contributed by atoms with E-state index in [0.717, 1.165) is 12.8 Å². The average Bonchev–Trinajstić information content (AvgIpc) is 2.78. The normalized spacial score (nSPS) is 18.9. The van der Waals surface area contributed by atoms with Crippen LogP contribution in [0.3, 0.4) is 0 Å². The predicted molar refractivity (Wildman–Crippen MR) is 72.9 cm³/mol. The van der Waals surface area contributed by atoms with Crippen molar-refractivity contribution in [2.45, 2.75) is 39.5 Å². The van der Waals surface area contributed by atoms with Gasteiger partial charge in [0.1, 0.15) is 0 Å². The molecule has 1 atom stereocenters. The maximum atomic E-state index is 12.0. The van der Waals surface area contributed by atoms with Crippen LogP contribution in [0.4, 0.5) is 0 Å². The van der Waals surface area contributed by atoms with Crippen LogP contribution >= 0.6 is 0 Å². The molecule has 0 spiro atoms. The molecule has 1 heterocycles. The van der Waals surface area contributed by atoms with Crippen molar-refractivity contribution in [2.24, 2.45) is 11.8 Å². The van der Waals surface area contributed by atoms with E-state index in [1.807, 2.05) is 13.8 Å². The highest BCUT2D eigenvalue weighted by atomic mass is 32.2. The third kappa shape index (κ3) is 5.88. The van der Waals surface area contributed by atoms with Gasteiger partial charge in [0.15, 0.2) is 0 Å². The van der Waals surface area contributed by atoms with Gasteiger partial charge in [0.05, 0.1) is 0 Å². The molecule has 1 saturated heterocycles. The molecule has 112 valence electrons. The highest BCUT2D eigenvalue weighted by molar-refractivity contribution is 7.87. The van der Waals surface area contributed by atoms with E-state index >= 15 is 0 Å². The van der Waals surface area contributed by atoms with Crippen LogP contribution in [-0.4, -0.2) is 43.4 Å². The Bertz CT molecular complexity index is 389. The number of carbonyl (C=O) groups is 1. The lowest BCUT2D eigenvalue weighted by Gasteiger charge is -2.21. The molecule has 6 nitrogen and oxygen atoms in total. The number of nitrogens with one attached hydrogen (secondary N) is 1. The van der Waals surface area contributed by atoms with Crippen molar-refractivity contribution in [1.29, 1.82) is 0 Å². The van der Waals surface area contributed by atoms with Gasteiger partial charge in [-0.15, -0.1) is 0 Å². The maximum absolute atomic E-state index is 12.0. The van der Waals surface area contributed by atoms with Crippen LogP contribution in [0.2, 0.25) is 0 Å². The summed E-state index contributed by atoms with van der Waals surface area (Å²) in [6.07, 6.45) is 2.49. The number of carboxylic acids is 1. The third-order valence-corrected chi connectivity index (χ3v) is 4.80. The summed E-state index contributed by atoms with van der Waals surface area (Å²) in [7, 11) is -3.44. The molecule has 1 aliphatic heterocycles. The maximum Gasteiger partial charge on any atom is 0.303 e. The zero-order valence-electron chi connectivity index (χ0n) is 11.6. The van der Waals surface area contributed by atoms with E-state index in [2.05, 4.69) is 4.72 Å². The molecule has 19 heavy (non-hydrogen) atoms. The second kappa shape index (κ2) is 7.21. The third-order valence-electron chi connectivity index (χ3n) is 3.23. The summed E-state index contributed by atoms with van der Waals surface area (Å²) in [5.41, 5.74) is 0. The van der Waals surface area contributed by atoms with Crippen LogP contribution in [0.5, 0.6) is 0 Å². The van der Waals surface area contributed by atoms with Gasteiger partial charge in [0.2, 0.25) is 0 Å². The van der Waals surface area contributed by atoms with E-state index in [4.69, 9.17) is 5.11 Å². The Labute approximate surface area is 115 Å². The number of hydrogen-bond acceptors (Lipinski definition) is 3. The molecule has 1 aliphatic rings.